The molecule has 28 heavy (non-hydrogen) atoms. The molecule has 0 bridgehead atoms. The molecule has 1 N–H and O–H groups in total. The van der Waals surface area contributed by atoms with Gasteiger partial charge in [-0.05, 0) is 36.8 Å². The van der Waals surface area contributed by atoms with Crippen molar-refractivity contribution in [3.63, 3.8) is 0 Å². The summed E-state index contributed by atoms with van der Waals surface area (Å²) in [6, 6.07) is 15.8. The van der Waals surface area contributed by atoms with Gasteiger partial charge in [0.1, 0.15) is 5.75 Å². The Morgan fingerprint density at radius 3 is 2.50 bits per heavy atom. The molecule has 0 saturated heterocycles. The molecule has 1 atom stereocenters. The number of hydrogen-bond donors (Lipinski definition) is 1. The zero-order valence-corrected chi connectivity index (χ0v) is 15.4. The molecule has 1 unspecified atom stereocenters. The van der Waals surface area contributed by atoms with Crippen molar-refractivity contribution in [1.82, 2.24) is 15.5 Å². The summed E-state index contributed by atoms with van der Waals surface area (Å²) in [5.74, 6) is -0.277. The number of ether oxygens (including phenoxy) is 2. The summed E-state index contributed by atoms with van der Waals surface area (Å²) in [6.45, 7) is 1.88. The van der Waals surface area contributed by atoms with Crippen LogP contribution in [-0.2, 0) is 11.3 Å². The van der Waals surface area contributed by atoms with Crippen molar-refractivity contribution in [3.05, 3.63) is 77.4 Å². The largest absolute Gasteiger partial charge is 0.485 e. The Bertz CT molecular complexity index is 938. The van der Waals surface area contributed by atoms with Crippen molar-refractivity contribution < 1.29 is 23.6 Å². The Labute approximate surface area is 161 Å². The third kappa shape index (κ3) is 4.73. The molecule has 0 aliphatic carbocycles. The van der Waals surface area contributed by atoms with Crippen LogP contribution in [0.25, 0.3) is 0 Å². The molecule has 1 amide bonds. The normalized spacial score (nSPS) is 11.5. The minimum Gasteiger partial charge on any atom is -0.485 e. The molecular formula is C20H19N3O5. The van der Waals surface area contributed by atoms with Crippen LogP contribution in [0.15, 0.2) is 59.1 Å². The molecule has 0 fully saturated rings. The fourth-order valence-electron chi connectivity index (χ4n) is 2.44. The molecule has 144 valence electrons. The topological polar surface area (TPSA) is 104 Å². The lowest BCUT2D eigenvalue weighted by Crippen LogP contribution is -2.26. The highest BCUT2D eigenvalue weighted by Crippen LogP contribution is 2.15. The van der Waals surface area contributed by atoms with E-state index in [0.717, 1.165) is 5.56 Å². The number of nitrogens with zero attached hydrogens (tertiary/aromatic N) is 2. The average Bonchev–Trinajstić information content (AvgIpc) is 3.22. The molecule has 8 heteroatoms. The molecule has 0 aliphatic rings. The van der Waals surface area contributed by atoms with Gasteiger partial charge in [-0.15, -0.1) is 0 Å². The molecule has 3 aromatic rings. The maximum atomic E-state index is 12.3. The zero-order valence-electron chi connectivity index (χ0n) is 15.4. The molecule has 0 spiro atoms. The van der Waals surface area contributed by atoms with Crippen molar-refractivity contribution in [2.75, 3.05) is 7.11 Å². The quantitative estimate of drug-likeness (QED) is 0.628. The molecule has 0 saturated carbocycles. The second-order valence-electron chi connectivity index (χ2n) is 5.93. The van der Waals surface area contributed by atoms with Gasteiger partial charge < -0.3 is 19.3 Å². The van der Waals surface area contributed by atoms with E-state index in [1.165, 1.54) is 7.11 Å². The number of rotatable bonds is 7. The van der Waals surface area contributed by atoms with Crippen LogP contribution in [0.3, 0.4) is 0 Å². The van der Waals surface area contributed by atoms with Crippen LogP contribution in [0.4, 0.5) is 0 Å². The van der Waals surface area contributed by atoms with E-state index in [0.29, 0.717) is 11.3 Å². The second kappa shape index (κ2) is 8.81. The van der Waals surface area contributed by atoms with Gasteiger partial charge in [-0.1, -0.05) is 35.5 Å². The van der Waals surface area contributed by atoms with E-state index in [4.69, 9.17) is 9.26 Å². The molecule has 0 aliphatic heterocycles. The number of amides is 1. The Morgan fingerprint density at radius 2 is 1.82 bits per heavy atom. The van der Waals surface area contributed by atoms with Crippen LogP contribution in [-0.4, -0.2) is 29.1 Å². The second-order valence-corrected chi connectivity index (χ2v) is 5.93. The van der Waals surface area contributed by atoms with Gasteiger partial charge in [0.2, 0.25) is 5.82 Å². The third-order valence-electron chi connectivity index (χ3n) is 3.95. The molecule has 8 nitrogen and oxygen atoms in total. The first-order valence-corrected chi connectivity index (χ1v) is 8.56. The van der Waals surface area contributed by atoms with Gasteiger partial charge in [-0.25, -0.2) is 4.79 Å². The van der Waals surface area contributed by atoms with Gasteiger partial charge in [0.25, 0.3) is 0 Å². The molecular weight excluding hydrogens is 362 g/mol. The maximum absolute atomic E-state index is 12.3. The summed E-state index contributed by atoms with van der Waals surface area (Å²) < 4.78 is 15.2. The van der Waals surface area contributed by atoms with E-state index in [1.807, 2.05) is 37.3 Å². The fraction of sp³-hybridized carbons (Fsp3) is 0.200. The zero-order chi connectivity index (χ0) is 19.9. The first kappa shape index (κ1) is 19.1. The lowest BCUT2D eigenvalue weighted by Gasteiger charge is -2.12. The van der Waals surface area contributed by atoms with Crippen LogP contribution >= 0.6 is 0 Å². The summed E-state index contributed by atoms with van der Waals surface area (Å²) in [4.78, 5) is 27.7. The summed E-state index contributed by atoms with van der Waals surface area (Å²) in [5.41, 5.74) is 1.38. The van der Waals surface area contributed by atoms with Crippen molar-refractivity contribution in [2.45, 2.75) is 19.6 Å². The molecule has 3 rings (SSSR count). The van der Waals surface area contributed by atoms with E-state index in [2.05, 4.69) is 20.2 Å². The summed E-state index contributed by atoms with van der Waals surface area (Å²) in [7, 11) is 1.32. The molecule has 1 aromatic heterocycles. The first-order valence-electron chi connectivity index (χ1n) is 8.56. The number of carbonyl (C=O) groups is 2. The Hall–Kier alpha value is -3.68. The average molecular weight is 381 g/mol. The van der Waals surface area contributed by atoms with Crippen LogP contribution < -0.4 is 10.1 Å². The standard InChI is InChI=1S/C20H19N3O5/c1-13(14-6-4-3-5-7-14)21-18(24)19-22-17(23-28-19)12-27-16-10-8-15(9-11-16)20(25)26-2/h3-11,13H,12H2,1-2H3,(H,21,24). The monoisotopic (exact) mass is 381 g/mol. The maximum Gasteiger partial charge on any atom is 0.337 e. The SMILES string of the molecule is COC(=O)c1ccc(OCc2noc(C(=O)NC(C)c3ccccc3)n2)cc1. The first-order chi connectivity index (χ1) is 13.6. The lowest BCUT2D eigenvalue weighted by atomic mass is 10.1. The minimum atomic E-state index is -0.461. The molecule has 2 aromatic carbocycles. The van der Waals surface area contributed by atoms with E-state index in [1.54, 1.807) is 24.3 Å². The van der Waals surface area contributed by atoms with Crippen molar-refractivity contribution in [3.8, 4) is 5.75 Å². The van der Waals surface area contributed by atoms with Crippen molar-refractivity contribution in [2.24, 2.45) is 0 Å². The number of methoxy groups -OCH3 is 1. The number of esters is 1. The van der Waals surface area contributed by atoms with Crippen LogP contribution in [0.1, 0.15) is 45.4 Å². The highest BCUT2D eigenvalue weighted by atomic mass is 16.5. The van der Waals surface area contributed by atoms with Crippen molar-refractivity contribution in [1.29, 1.82) is 0 Å². The van der Waals surface area contributed by atoms with Gasteiger partial charge in [-0.2, -0.15) is 4.98 Å². The van der Waals surface area contributed by atoms with Crippen molar-refractivity contribution >= 4 is 11.9 Å². The fourth-order valence-corrected chi connectivity index (χ4v) is 2.44. The van der Waals surface area contributed by atoms with Gasteiger partial charge in [0, 0.05) is 0 Å². The number of hydrogen-bond acceptors (Lipinski definition) is 7. The number of aromatic nitrogens is 2. The lowest BCUT2D eigenvalue weighted by molar-refractivity contribution is 0.0600. The number of nitrogens with one attached hydrogen (secondary N) is 1. The smallest absolute Gasteiger partial charge is 0.337 e. The Kier molecular flexibility index (Phi) is 6.01. The van der Waals surface area contributed by atoms with E-state index >= 15 is 0 Å². The van der Waals surface area contributed by atoms with Gasteiger partial charge in [0.15, 0.2) is 6.61 Å². The summed E-state index contributed by atoms with van der Waals surface area (Å²) in [5, 5.41) is 6.55. The highest BCUT2D eigenvalue weighted by Gasteiger charge is 2.18. The van der Waals surface area contributed by atoms with Gasteiger partial charge in [0.05, 0.1) is 18.7 Å². The van der Waals surface area contributed by atoms with E-state index in [-0.39, 0.29) is 24.4 Å². The Morgan fingerprint density at radius 1 is 1.11 bits per heavy atom. The molecule has 1 heterocycles. The third-order valence-corrected chi connectivity index (χ3v) is 3.95. The number of benzene rings is 2. The predicted molar refractivity (Wildman–Crippen MR) is 98.7 cm³/mol. The number of carbonyl (C=O) groups excluding carboxylic acids is 2. The molecule has 0 radical (unpaired) electrons. The highest BCUT2D eigenvalue weighted by molar-refractivity contribution is 5.90. The van der Waals surface area contributed by atoms with E-state index in [9.17, 15) is 9.59 Å². The van der Waals surface area contributed by atoms with Gasteiger partial charge >= 0.3 is 17.8 Å². The Balaban J connectivity index is 1.55. The van der Waals surface area contributed by atoms with Crippen LogP contribution in [0.2, 0.25) is 0 Å². The van der Waals surface area contributed by atoms with Crippen LogP contribution in [0, 0.1) is 0 Å². The van der Waals surface area contributed by atoms with Gasteiger partial charge in [-0.3, -0.25) is 4.79 Å². The van der Waals surface area contributed by atoms with Crippen LogP contribution in [0.5, 0.6) is 5.75 Å². The summed E-state index contributed by atoms with van der Waals surface area (Å²) in [6.07, 6.45) is 0. The summed E-state index contributed by atoms with van der Waals surface area (Å²) >= 11 is 0. The minimum absolute atomic E-state index is 0.0165. The predicted octanol–water partition coefficient (Wildman–Crippen LogP) is 2.93. The van der Waals surface area contributed by atoms with E-state index < -0.39 is 11.9 Å².